The molecule has 0 saturated carbocycles. The van der Waals surface area contributed by atoms with Crippen molar-refractivity contribution in [2.24, 2.45) is 0 Å². The predicted octanol–water partition coefficient (Wildman–Crippen LogP) is 1.73. The molecule has 0 aliphatic rings. The highest BCUT2D eigenvalue weighted by atomic mass is 35.5. The van der Waals surface area contributed by atoms with Gasteiger partial charge in [-0.2, -0.15) is 0 Å². The molecule has 5 heteroatoms. The van der Waals surface area contributed by atoms with Gasteiger partial charge in [0.05, 0.1) is 5.69 Å². The van der Waals surface area contributed by atoms with Crippen LogP contribution in [0, 0.1) is 20.0 Å². The monoisotopic (exact) mass is 207 g/mol. The van der Waals surface area contributed by atoms with Crippen LogP contribution >= 0.6 is 11.6 Å². The van der Waals surface area contributed by atoms with Crippen molar-refractivity contribution in [1.82, 2.24) is 19.5 Å². The predicted molar refractivity (Wildman–Crippen MR) is 52.5 cm³/mol. The molecule has 2 heterocycles. The van der Waals surface area contributed by atoms with Gasteiger partial charge in [0.15, 0.2) is 5.82 Å². The average molecular weight is 208 g/mol. The molecular formula is C9H8ClN4. The summed E-state index contributed by atoms with van der Waals surface area (Å²) in [6, 6.07) is 0. The highest BCUT2D eigenvalue weighted by molar-refractivity contribution is 6.31. The van der Waals surface area contributed by atoms with E-state index in [1.807, 2.05) is 13.1 Å². The Morgan fingerprint density at radius 2 is 2.21 bits per heavy atom. The van der Waals surface area contributed by atoms with Crippen molar-refractivity contribution in [2.45, 2.75) is 13.8 Å². The van der Waals surface area contributed by atoms with E-state index >= 15 is 0 Å². The third-order valence-electron chi connectivity index (χ3n) is 1.74. The van der Waals surface area contributed by atoms with Gasteiger partial charge in [-0.25, -0.2) is 15.0 Å². The first-order valence-electron chi connectivity index (χ1n) is 4.09. The number of hydrogen-bond donors (Lipinski definition) is 0. The summed E-state index contributed by atoms with van der Waals surface area (Å²) in [5, 5.41) is 0.396. The Balaban J connectivity index is 2.55. The topological polar surface area (TPSA) is 43.6 Å². The molecule has 0 fully saturated rings. The first-order chi connectivity index (χ1) is 6.66. The Labute approximate surface area is 86.6 Å². The quantitative estimate of drug-likeness (QED) is 0.716. The summed E-state index contributed by atoms with van der Waals surface area (Å²) < 4.78 is 1.75. The van der Waals surface area contributed by atoms with E-state index in [1.165, 1.54) is 0 Å². The van der Waals surface area contributed by atoms with E-state index < -0.39 is 0 Å². The minimum absolute atomic E-state index is 0.396. The molecule has 0 amide bonds. The van der Waals surface area contributed by atoms with Crippen LogP contribution in [0.5, 0.6) is 0 Å². The molecule has 0 bridgehead atoms. The normalized spacial score (nSPS) is 10.5. The van der Waals surface area contributed by atoms with Gasteiger partial charge in [0.1, 0.15) is 23.4 Å². The van der Waals surface area contributed by atoms with Crippen molar-refractivity contribution >= 4 is 11.6 Å². The van der Waals surface area contributed by atoms with Crippen LogP contribution in [0.4, 0.5) is 0 Å². The Bertz CT molecular complexity index is 464. The molecular weight excluding hydrogens is 200 g/mol. The molecule has 0 saturated heterocycles. The number of rotatable bonds is 1. The lowest BCUT2D eigenvalue weighted by molar-refractivity contribution is 0.934. The lowest BCUT2D eigenvalue weighted by Crippen LogP contribution is -1.99. The summed E-state index contributed by atoms with van der Waals surface area (Å²) in [7, 11) is 0. The van der Waals surface area contributed by atoms with Crippen molar-refractivity contribution < 1.29 is 0 Å². The zero-order chi connectivity index (χ0) is 10.1. The number of aromatic nitrogens is 4. The highest BCUT2D eigenvalue weighted by Gasteiger charge is 2.06. The Kier molecular flexibility index (Phi) is 2.21. The number of aryl methyl sites for hydroxylation is 2. The summed E-state index contributed by atoms with van der Waals surface area (Å²) in [5.41, 5.74) is 0.914. The molecule has 4 nitrogen and oxygen atoms in total. The summed E-state index contributed by atoms with van der Waals surface area (Å²) in [4.78, 5) is 12.2. The van der Waals surface area contributed by atoms with E-state index in [-0.39, 0.29) is 0 Å². The highest BCUT2D eigenvalue weighted by Crippen LogP contribution is 2.16. The molecule has 0 spiro atoms. The maximum Gasteiger partial charge on any atom is 0.161 e. The second kappa shape index (κ2) is 3.38. The Hall–Kier alpha value is -1.42. The van der Waals surface area contributed by atoms with Gasteiger partial charge in [0.25, 0.3) is 0 Å². The first-order valence-corrected chi connectivity index (χ1v) is 4.47. The average Bonchev–Trinajstić information content (AvgIpc) is 2.56. The second-order valence-corrected chi connectivity index (χ2v) is 3.32. The van der Waals surface area contributed by atoms with E-state index in [0.717, 1.165) is 5.69 Å². The van der Waals surface area contributed by atoms with Crippen LogP contribution in [0.3, 0.4) is 0 Å². The fourth-order valence-electron chi connectivity index (χ4n) is 1.12. The fourth-order valence-corrected chi connectivity index (χ4v) is 1.30. The van der Waals surface area contributed by atoms with Crippen molar-refractivity contribution in [2.75, 3.05) is 0 Å². The van der Waals surface area contributed by atoms with Crippen LogP contribution in [0.1, 0.15) is 11.5 Å². The van der Waals surface area contributed by atoms with Crippen molar-refractivity contribution in [3.05, 3.63) is 35.3 Å². The Morgan fingerprint density at radius 3 is 2.86 bits per heavy atom. The van der Waals surface area contributed by atoms with Crippen LogP contribution < -0.4 is 0 Å². The zero-order valence-electron chi connectivity index (χ0n) is 7.82. The third-order valence-corrected chi connectivity index (χ3v) is 1.99. The minimum atomic E-state index is 0.396. The van der Waals surface area contributed by atoms with Crippen LogP contribution in [0.25, 0.3) is 5.82 Å². The molecule has 0 aliphatic carbocycles. The third kappa shape index (κ3) is 1.61. The largest absolute Gasteiger partial charge is 0.289 e. The van der Waals surface area contributed by atoms with Crippen molar-refractivity contribution in [3.8, 4) is 5.82 Å². The molecule has 1 radical (unpaired) electrons. The minimum Gasteiger partial charge on any atom is -0.289 e. The van der Waals surface area contributed by atoms with Gasteiger partial charge in [-0.3, -0.25) is 4.57 Å². The van der Waals surface area contributed by atoms with Gasteiger partial charge in [-0.05, 0) is 13.8 Å². The fraction of sp³-hybridized carbons (Fsp3) is 0.222. The van der Waals surface area contributed by atoms with Crippen molar-refractivity contribution in [3.63, 3.8) is 0 Å². The molecule has 0 unspecified atom stereocenters. The number of halogens is 1. The summed E-state index contributed by atoms with van der Waals surface area (Å²) in [5.74, 6) is 1.25. The first kappa shape index (κ1) is 9.15. The second-order valence-electron chi connectivity index (χ2n) is 2.94. The summed E-state index contributed by atoms with van der Waals surface area (Å²) in [6.45, 7) is 3.70. The maximum absolute atomic E-state index is 5.91. The van der Waals surface area contributed by atoms with Gasteiger partial charge in [0.2, 0.25) is 0 Å². The smallest absolute Gasteiger partial charge is 0.161 e. The molecule has 0 aliphatic heterocycles. The van der Waals surface area contributed by atoms with Crippen LogP contribution in [0.2, 0.25) is 5.02 Å². The summed E-state index contributed by atoms with van der Waals surface area (Å²) >= 11 is 5.91. The number of hydrogen-bond acceptors (Lipinski definition) is 3. The molecule has 0 aromatic carbocycles. The summed E-state index contributed by atoms with van der Waals surface area (Å²) in [6.07, 6.45) is 6.19. The van der Waals surface area contributed by atoms with Gasteiger partial charge in [-0.1, -0.05) is 11.6 Å². The number of nitrogens with zero attached hydrogens (tertiary/aromatic N) is 4. The lowest BCUT2D eigenvalue weighted by atomic mass is 10.5. The molecule has 0 N–H and O–H groups in total. The molecule has 2 aromatic rings. The van der Waals surface area contributed by atoms with Gasteiger partial charge < -0.3 is 0 Å². The van der Waals surface area contributed by atoms with E-state index in [1.54, 1.807) is 17.8 Å². The molecule has 2 aromatic heterocycles. The standard InChI is InChI=1S/C9H8ClN4/c1-6-4-14(5-12-6)9-8(10)3-11-7(2)13-9/h4-5H,1-2H3. The van der Waals surface area contributed by atoms with Crippen LogP contribution in [-0.2, 0) is 0 Å². The molecule has 71 valence electrons. The van der Waals surface area contributed by atoms with Gasteiger partial charge in [-0.15, -0.1) is 0 Å². The van der Waals surface area contributed by atoms with Gasteiger partial charge in [0, 0.05) is 6.20 Å². The van der Waals surface area contributed by atoms with E-state index in [2.05, 4.69) is 21.1 Å². The number of imidazole rings is 1. The zero-order valence-corrected chi connectivity index (χ0v) is 8.58. The lowest BCUT2D eigenvalue weighted by Gasteiger charge is -2.02. The van der Waals surface area contributed by atoms with Crippen molar-refractivity contribution in [1.29, 1.82) is 0 Å². The van der Waals surface area contributed by atoms with Gasteiger partial charge >= 0.3 is 0 Å². The van der Waals surface area contributed by atoms with E-state index in [4.69, 9.17) is 11.6 Å². The molecule has 0 atom stereocenters. The maximum atomic E-state index is 5.91. The van der Waals surface area contributed by atoms with E-state index in [9.17, 15) is 0 Å². The molecule has 2 rings (SSSR count). The Morgan fingerprint density at radius 1 is 1.43 bits per heavy atom. The molecule has 14 heavy (non-hydrogen) atoms. The van der Waals surface area contributed by atoms with Crippen LogP contribution in [-0.4, -0.2) is 19.5 Å². The SMILES string of the molecule is Cc1cn(-c2nc(C)n[c]c2Cl)cn1. The van der Waals surface area contributed by atoms with Crippen LogP contribution in [0.15, 0.2) is 12.5 Å². The van der Waals surface area contributed by atoms with E-state index in [0.29, 0.717) is 16.7 Å².